The highest BCUT2D eigenvalue weighted by molar-refractivity contribution is 5.25. The Labute approximate surface area is 126 Å². The summed E-state index contributed by atoms with van der Waals surface area (Å²) in [6.07, 6.45) is 5.77. The number of aryl methyl sites for hydroxylation is 2. The molecule has 2 aromatic rings. The van der Waals surface area contributed by atoms with Gasteiger partial charge in [0.15, 0.2) is 0 Å². The van der Waals surface area contributed by atoms with Gasteiger partial charge in [-0.25, -0.2) is 4.79 Å². The van der Waals surface area contributed by atoms with Crippen LogP contribution in [0.2, 0.25) is 0 Å². The molecule has 1 aromatic heterocycles. The van der Waals surface area contributed by atoms with Crippen LogP contribution in [0.5, 0.6) is 0 Å². The molecule has 21 heavy (non-hydrogen) atoms. The molecule has 1 atom stereocenters. The average molecular weight is 287 g/mol. The van der Waals surface area contributed by atoms with E-state index >= 15 is 0 Å². The number of likely N-dealkylation sites (N-methyl/N-ethyl adjacent to an activating group) is 1. The quantitative estimate of drug-likeness (QED) is 0.850. The van der Waals surface area contributed by atoms with Crippen LogP contribution in [0.4, 0.5) is 0 Å². The first-order valence-corrected chi connectivity index (χ1v) is 7.71. The zero-order valence-electron chi connectivity index (χ0n) is 13.2. The van der Waals surface area contributed by atoms with Crippen LogP contribution in [-0.2, 0) is 19.5 Å². The summed E-state index contributed by atoms with van der Waals surface area (Å²) in [6.45, 7) is 5.66. The Morgan fingerprint density at radius 3 is 2.33 bits per heavy atom. The molecule has 0 aliphatic carbocycles. The number of nitrogens with zero attached hydrogens (tertiary/aromatic N) is 2. The smallest absolute Gasteiger partial charge is 0.312 e. The van der Waals surface area contributed by atoms with Crippen LogP contribution in [0.25, 0.3) is 0 Å². The lowest BCUT2D eigenvalue weighted by atomic mass is 10.0. The number of nitrogens with one attached hydrogen (secondary N) is 1. The largest absolute Gasteiger partial charge is 0.328 e. The number of benzene rings is 1. The predicted molar refractivity (Wildman–Crippen MR) is 86.6 cm³/mol. The van der Waals surface area contributed by atoms with Gasteiger partial charge in [0.05, 0.1) is 6.04 Å². The van der Waals surface area contributed by atoms with Gasteiger partial charge in [-0.3, -0.25) is 9.13 Å². The van der Waals surface area contributed by atoms with Crippen LogP contribution in [-0.4, -0.2) is 16.2 Å². The van der Waals surface area contributed by atoms with Crippen LogP contribution in [0.15, 0.2) is 41.5 Å². The van der Waals surface area contributed by atoms with Crippen molar-refractivity contribution in [1.29, 1.82) is 0 Å². The zero-order chi connectivity index (χ0) is 15.2. The second-order valence-electron chi connectivity index (χ2n) is 5.36. The molecule has 0 bridgehead atoms. The average Bonchev–Trinajstić information content (AvgIpc) is 2.86. The molecule has 2 rings (SSSR count). The highest BCUT2D eigenvalue weighted by Crippen LogP contribution is 2.15. The first-order chi connectivity index (χ1) is 10.2. The van der Waals surface area contributed by atoms with E-state index in [4.69, 9.17) is 0 Å². The summed E-state index contributed by atoms with van der Waals surface area (Å²) in [6, 6.07) is 8.75. The first-order valence-electron chi connectivity index (χ1n) is 7.71. The fourth-order valence-corrected chi connectivity index (χ4v) is 2.55. The Hall–Kier alpha value is -1.81. The lowest BCUT2D eigenvalue weighted by molar-refractivity contribution is 0.482. The molecule has 0 spiro atoms. The molecule has 4 heteroatoms. The van der Waals surface area contributed by atoms with Gasteiger partial charge in [0, 0.05) is 25.5 Å². The maximum atomic E-state index is 12.2. The number of hydrogen-bond donors (Lipinski definition) is 1. The van der Waals surface area contributed by atoms with E-state index in [0.717, 1.165) is 19.4 Å². The molecule has 0 radical (unpaired) electrons. The molecule has 1 N–H and O–H groups in total. The van der Waals surface area contributed by atoms with Crippen molar-refractivity contribution in [2.24, 2.45) is 0 Å². The van der Waals surface area contributed by atoms with Gasteiger partial charge in [0.2, 0.25) is 0 Å². The molecule has 114 valence electrons. The van der Waals surface area contributed by atoms with Crippen LogP contribution < -0.4 is 11.0 Å². The molecule has 4 nitrogen and oxygen atoms in total. The number of imidazole rings is 1. The Balaban J connectivity index is 2.16. The fourth-order valence-electron chi connectivity index (χ4n) is 2.55. The Bertz CT molecular complexity index is 610. The highest BCUT2D eigenvalue weighted by atomic mass is 16.1. The van der Waals surface area contributed by atoms with Gasteiger partial charge in [0.1, 0.15) is 0 Å². The van der Waals surface area contributed by atoms with Crippen LogP contribution in [0, 0.1) is 0 Å². The summed E-state index contributed by atoms with van der Waals surface area (Å²) in [5.74, 6) is 0. The van der Waals surface area contributed by atoms with Crippen LogP contribution >= 0.6 is 0 Å². The SMILES string of the molecule is CCCn1ccn(CC(NC)c2ccc(CC)cc2)c1=O. The van der Waals surface area contributed by atoms with E-state index in [1.807, 2.05) is 19.4 Å². The second-order valence-corrected chi connectivity index (χ2v) is 5.36. The molecular formula is C17H25N3O. The number of hydrogen-bond acceptors (Lipinski definition) is 2. The molecule has 1 unspecified atom stereocenters. The van der Waals surface area contributed by atoms with Crippen molar-refractivity contribution in [2.45, 2.75) is 45.8 Å². The highest BCUT2D eigenvalue weighted by Gasteiger charge is 2.12. The van der Waals surface area contributed by atoms with Gasteiger partial charge >= 0.3 is 5.69 Å². The summed E-state index contributed by atoms with van der Waals surface area (Å²) < 4.78 is 3.55. The molecule has 1 heterocycles. The van der Waals surface area contributed by atoms with Gasteiger partial charge in [0.25, 0.3) is 0 Å². The first kappa shape index (κ1) is 15.6. The van der Waals surface area contributed by atoms with Crippen molar-refractivity contribution >= 4 is 0 Å². The van der Waals surface area contributed by atoms with E-state index in [9.17, 15) is 4.79 Å². The summed E-state index contributed by atoms with van der Waals surface area (Å²) >= 11 is 0. The van der Waals surface area contributed by atoms with Gasteiger partial charge in [-0.1, -0.05) is 38.1 Å². The van der Waals surface area contributed by atoms with Gasteiger partial charge in [-0.2, -0.15) is 0 Å². The topological polar surface area (TPSA) is 39.0 Å². The normalized spacial score (nSPS) is 12.5. The summed E-state index contributed by atoms with van der Waals surface area (Å²) in [5, 5.41) is 3.30. The third-order valence-corrected chi connectivity index (χ3v) is 3.90. The molecular weight excluding hydrogens is 262 g/mol. The monoisotopic (exact) mass is 287 g/mol. The Morgan fingerprint density at radius 2 is 1.76 bits per heavy atom. The molecule has 1 aromatic carbocycles. The standard InChI is InChI=1S/C17H25N3O/c1-4-10-19-11-12-20(17(19)21)13-16(18-3)15-8-6-14(5-2)7-9-15/h6-9,11-12,16,18H,4-5,10,13H2,1-3H3. The number of aromatic nitrogens is 2. The van der Waals surface area contributed by atoms with Crippen molar-refractivity contribution in [2.75, 3.05) is 7.05 Å². The maximum Gasteiger partial charge on any atom is 0.328 e. The van der Waals surface area contributed by atoms with E-state index in [0.29, 0.717) is 6.54 Å². The van der Waals surface area contributed by atoms with E-state index in [1.165, 1.54) is 11.1 Å². The minimum Gasteiger partial charge on any atom is -0.312 e. The Kier molecular flexibility index (Phi) is 5.39. The minimum absolute atomic E-state index is 0.0716. The molecule has 0 aliphatic rings. The summed E-state index contributed by atoms with van der Waals surface area (Å²) in [4.78, 5) is 12.2. The molecule has 0 aliphatic heterocycles. The number of rotatable bonds is 7. The van der Waals surface area contributed by atoms with E-state index < -0.39 is 0 Å². The van der Waals surface area contributed by atoms with Crippen molar-refractivity contribution < 1.29 is 0 Å². The lowest BCUT2D eigenvalue weighted by Gasteiger charge is -2.17. The van der Waals surface area contributed by atoms with E-state index in [2.05, 4.69) is 43.4 Å². The van der Waals surface area contributed by atoms with Crippen molar-refractivity contribution in [3.05, 3.63) is 58.3 Å². The van der Waals surface area contributed by atoms with Crippen molar-refractivity contribution in [3.8, 4) is 0 Å². The van der Waals surface area contributed by atoms with Crippen LogP contribution in [0.1, 0.15) is 37.4 Å². The van der Waals surface area contributed by atoms with Crippen LogP contribution in [0.3, 0.4) is 0 Å². The van der Waals surface area contributed by atoms with Crippen molar-refractivity contribution in [1.82, 2.24) is 14.5 Å². The summed E-state index contributed by atoms with van der Waals surface area (Å²) in [7, 11) is 1.94. The fraction of sp³-hybridized carbons (Fsp3) is 0.471. The molecule has 0 saturated heterocycles. The Morgan fingerprint density at radius 1 is 1.10 bits per heavy atom. The predicted octanol–water partition coefficient (Wildman–Crippen LogP) is 2.58. The van der Waals surface area contributed by atoms with E-state index in [-0.39, 0.29) is 11.7 Å². The zero-order valence-corrected chi connectivity index (χ0v) is 13.2. The molecule has 0 fully saturated rings. The molecule has 0 amide bonds. The third-order valence-electron chi connectivity index (χ3n) is 3.90. The summed E-state index contributed by atoms with van der Waals surface area (Å²) in [5.41, 5.74) is 2.62. The second kappa shape index (κ2) is 7.27. The lowest BCUT2D eigenvalue weighted by Crippen LogP contribution is -2.30. The van der Waals surface area contributed by atoms with E-state index in [1.54, 1.807) is 9.13 Å². The van der Waals surface area contributed by atoms with Gasteiger partial charge < -0.3 is 5.32 Å². The third kappa shape index (κ3) is 3.64. The van der Waals surface area contributed by atoms with Crippen molar-refractivity contribution in [3.63, 3.8) is 0 Å². The van der Waals surface area contributed by atoms with Gasteiger partial charge in [-0.05, 0) is 31.0 Å². The maximum absolute atomic E-state index is 12.2. The minimum atomic E-state index is 0.0716. The van der Waals surface area contributed by atoms with Gasteiger partial charge in [-0.15, -0.1) is 0 Å². The molecule has 0 saturated carbocycles.